The first-order valence-corrected chi connectivity index (χ1v) is 7.22. The molecule has 3 N–H and O–H groups in total. The molecule has 106 valence electrons. The van der Waals surface area contributed by atoms with Crippen LogP contribution in [0.1, 0.15) is 17.3 Å². The Morgan fingerprint density at radius 2 is 1.76 bits per heavy atom. The van der Waals surface area contributed by atoms with Crippen LogP contribution in [0, 0.1) is 0 Å². The number of halogens is 1. The van der Waals surface area contributed by atoms with E-state index >= 15 is 0 Å². The lowest BCUT2D eigenvalue weighted by molar-refractivity contribution is 0.765. The zero-order valence-electron chi connectivity index (χ0n) is 11.5. The largest absolute Gasteiger partial charge is 0.341 e. The maximum atomic E-state index is 6.23. The van der Waals surface area contributed by atoms with Gasteiger partial charge in [-0.3, -0.25) is 0 Å². The molecule has 0 saturated carbocycles. The maximum Gasteiger partial charge on any atom is 0.115 e. The first-order valence-electron chi connectivity index (χ1n) is 6.84. The van der Waals surface area contributed by atoms with Gasteiger partial charge in [0.25, 0.3) is 0 Å². The van der Waals surface area contributed by atoms with E-state index in [9.17, 15) is 0 Å². The minimum atomic E-state index is 0.0578. The Labute approximate surface area is 128 Å². The Bertz CT molecular complexity index is 722. The second-order valence-corrected chi connectivity index (χ2v) is 5.27. The highest BCUT2D eigenvalue weighted by Gasteiger charge is 2.16. The summed E-state index contributed by atoms with van der Waals surface area (Å²) >= 11 is 6.23. The Hall–Kier alpha value is -2.10. The SMILES string of the molecule is NCC(c1ccccc1)c1ncc(-c2ccccc2Cl)[nH]1. The number of hydrogen-bond donors (Lipinski definition) is 2. The summed E-state index contributed by atoms with van der Waals surface area (Å²) in [5.74, 6) is 0.918. The van der Waals surface area contributed by atoms with Crippen molar-refractivity contribution < 1.29 is 0 Å². The summed E-state index contributed by atoms with van der Waals surface area (Å²) in [5, 5.41) is 0.705. The summed E-state index contributed by atoms with van der Waals surface area (Å²) in [6.07, 6.45) is 1.81. The molecule has 4 heteroatoms. The van der Waals surface area contributed by atoms with Crippen molar-refractivity contribution in [2.75, 3.05) is 6.54 Å². The summed E-state index contributed by atoms with van der Waals surface area (Å²) < 4.78 is 0. The van der Waals surface area contributed by atoms with Crippen LogP contribution >= 0.6 is 11.6 Å². The fourth-order valence-electron chi connectivity index (χ4n) is 2.42. The molecule has 21 heavy (non-hydrogen) atoms. The second-order valence-electron chi connectivity index (χ2n) is 4.86. The van der Waals surface area contributed by atoms with E-state index < -0.39 is 0 Å². The zero-order chi connectivity index (χ0) is 14.7. The number of nitrogens with zero attached hydrogens (tertiary/aromatic N) is 1. The average molecular weight is 298 g/mol. The third-order valence-corrected chi connectivity index (χ3v) is 3.86. The van der Waals surface area contributed by atoms with Crippen LogP contribution in [0.25, 0.3) is 11.3 Å². The lowest BCUT2D eigenvalue weighted by Crippen LogP contribution is -2.15. The topological polar surface area (TPSA) is 54.7 Å². The lowest BCUT2D eigenvalue weighted by atomic mass is 9.99. The summed E-state index contributed by atoms with van der Waals surface area (Å²) in [4.78, 5) is 7.83. The summed E-state index contributed by atoms with van der Waals surface area (Å²) in [6.45, 7) is 0.499. The Balaban J connectivity index is 1.96. The molecule has 0 spiro atoms. The second kappa shape index (κ2) is 6.12. The summed E-state index contributed by atoms with van der Waals surface area (Å²) in [6, 6.07) is 17.9. The first kappa shape index (κ1) is 13.9. The lowest BCUT2D eigenvalue weighted by Gasteiger charge is -2.12. The van der Waals surface area contributed by atoms with Gasteiger partial charge < -0.3 is 10.7 Å². The number of nitrogens with two attached hydrogens (primary N) is 1. The molecule has 0 saturated heterocycles. The molecule has 2 aromatic carbocycles. The van der Waals surface area contributed by atoms with Crippen LogP contribution < -0.4 is 5.73 Å². The van der Waals surface area contributed by atoms with Gasteiger partial charge in [-0.1, -0.05) is 60.1 Å². The Morgan fingerprint density at radius 3 is 2.48 bits per heavy atom. The normalized spacial score (nSPS) is 12.3. The van der Waals surface area contributed by atoms with E-state index in [1.165, 1.54) is 0 Å². The van der Waals surface area contributed by atoms with Crippen molar-refractivity contribution in [3.8, 4) is 11.3 Å². The molecule has 1 unspecified atom stereocenters. The van der Waals surface area contributed by atoms with E-state index in [1.54, 1.807) is 0 Å². The molecule has 0 amide bonds. The number of imidazole rings is 1. The molecule has 0 aliphatic rings. The predicted molar refractivity (Wildman–Crippen MR) is 86.4 cm³/mol. The standard InChI is InChI=1S/C17H16ClN3/c18-15-9-5-4-8-13(15)16-11-20-17(21-16)14(10-19)12-6-2-1-3-7-12/h1-9,11,14H,10,19H2,(H,20,21). The van der Waals surface area contributed by atoms with Gasteiger partial charge in [0.05, 0.1) is 17.8 Å². The van der Waals surface area contributed by atoms with Gasteiger partial charge in [-0.25, -0.2) is 4.98 Å². The first-order chi connectivity index (χ1) is 10.3. The minimum Gasteiger partial charge on any atom is -0.341 e. The average Bonchev–Trinajstić information content (AvgIpc) is 2.99. The summed E-state index contributed by atoms with van der Waals surface area (Å²) in [7, 11) is 0. The number of nitrogens with one attached hydrogen (secondary N) is 1. The van der Waals surface area contributed by atoms with Crippen LogP contribution in [0.4, 0.5) is 0 Å². The van der Waals surface area contributed by atoms with Crippen molar-refractivity contribution in [2.45, 2.75) is 5.92 Å². The van der Waals surface area contributed by atoms with Gasteiger partial charge in [0, 0.05) is 17.1 Å². The van der Waals surface area contributed by atoms with Gasteiger partial charge in [0.2, 0.25) is 0 Å². The van der Waals surface area contributed by atoms with Crippen molar-refractivity contribution >= 4 is 11.6 Å². The zero-order valence-corrected chi connectivity index (χ0v) is 12.2. The van der Waals surface area contributed by atoms with Crippen LogP contribution in [0.15, 0.2) is 60.8 Å². The third-order valence-electron chi connectivity index (χ3n) is 3.53. The van der Waals surface area contributed by atoms with E-state index in [-0.39, 0.29) is 5.92 Å². The number of aromatic nitrogens is 2. The van der Waals surface area contributed by atoms with Crippen LogP contribution in [-0.2, 0) is 0 Å². The van der Waals surface area contributed by atoms with Gasteiger partial charge in [-0.2, -0.15) is 0 Å². The number of aromatic amines is 1. The molecule has 3 rings (SSSR count). The molecule has 3 aromatic rings. The van der Waals surface area contributed by atoms with Gasteiger partial charge in [-0.15, -0.1) is 0 Å². The van der Waals surface area contributed by atoms with Crippen LogP contribution in [-0.4, -0.2) is 16.5 Å². The fraction of sp³-hybridized carbons (Fsp3) is 0.118. The Kier molecular flexibility index (Phi) is 4.04. The molecule has 0 fully saturated rings. The maximum absolute atomic E-state index is 6.23. The molecule has 1 heterocycles. The minimum absolute atomic E-state index is 0.0578. The van der Waals surface area contributed by atoms with Gasteiger partial charge >= 0.3 is 0 Å². The molecule has 1 atom stereocenters. The van der Waals surface area contributed by atoms with Crippen molar-refractivity contribution in [1.82, 2.24) is 9.97 Å². The molecule has 0 radical (unpaired) electrons. The van der Waals surface area contributed by atoms with Crippen LogP contribution in [0.5, 0.6) is 0 Å². The molecule has 0 aliphatic carbocycles. The number of rotatable bonds is 4. The highest BCUT2D eigenvalue weighted by atomic mass is 35.5. The van der Waals surface area contributed by atoms with Crippen molar-refractivity contribution in [3.63, 3.8) is 0 Å². The quantitative estimate of drug-likeness (QED) is 0.769. The van der Waals surface area contributed by atoms with Crippen LogP contribution in [0.3, 0.4) is 0 Å². The highest BCUT2D eigenvalue weighted by molar-refractivity contribution is 6.33. The van der Waals surface area contributed by atoms with Crippen molar-refractivity contribution in [2.24, 2.45) is 5.73 Å². The number of hydrogen-bond acceptors (Lipinski definition) is 2. The third kappa shape index (κ3) is 2.84. The molecular formula is C17H16ClN3. The van der Waals surface area contributed by atoms with Crippen LogP contribution in [0.2, 0.25) is 5.02 Å². The van der Waals surface area contributed by atoms with E-state index in [0.717, 1.165) is 22.6 Å². The predicted octanol–water partition coefficient (Wildman–Crippen LogP) is 3.82. The van der Waals surface area contributed by atoms with Crippen molar-refractivity contribution in [1.29, 1.82) is 0 Å². The van der Waals surface area contributed by atoms with E-state index in [4.69, 9.17) is 17.3 Å². The summed E-state index contributed by atoms with van der Waals surface area (Å²) in [5.41, 5.74) is 8.93. The van der Waals surface area contributed by atoms with Gasteiger partial charge in [-0.05, 0) is 11.6 Å². The number of H-pyrrole nitrogens is 1. The number of benzene rings is 2. The van der Waals surface area contributed by atoms with E-state index in [0.29, 0.717) is 11.6 Å². The molecule has 0 aliphatic heterocycles. The fourth-order valence-corrected chi connectivity index (χ4v) is 2.66. The van der Waals surface area contributed by atoms with E-state index in [1.807, 2.05) is 48.7 Å². The molecule has 1 aromatic heterocycles. The molecule has 3 nitrogen and oxygen atoms in total. The monoisotopic (exact) mass is 297 g/mol. The highest BCUT2D eigenvalue weighted by Crippen LogP contribution is 2.28. The van der Waals surface area contributed by atoms with Gasteiger partial charge in [0.1, 0.15) is 5.82 Å². The Morgan fingerprint density at radius 1 is 1.05 bits per heavy atom. The smallest absolute Gasteiger partial charge is 0.115 e. The van der Waals surface area contributed by atoms with Crippen molar-refractivity contribution in [3.05, 3.63) is 77.2 Å². The molecule has 0 bridgehead atoms. The molecular weight excluding hydrogens is 282 g/mol. The van der Waals surface area contributed by atoms with E-state index in [2.05, 4.69) is 22.1 Å². The van der Waals surface area contributed by atoms with Gasteiger partial charge in [0.15, 0.2) is 0 Å².